The minimum atomic E-state index is -1.75. The number of primary amides is 2. The van der Waals surface area contributed by atoms with Gasteiger partial charge in [0.1, 0.15) is 41.7 Å². The van der Waals surface area contributed by atoms with Crippen LogP contribution in [0.1, 0.15) is 65.2 Å². The van der Waals surface area contributed by atoms with Crippen LogP contribution in [0.3, 0.4) is 0 Å². The van der Waals surface area contributed by atoms with Gasteiger partial charge in [-0.3, -0.25) is 43.2 Å². The number of aliphatic hydroxyl groups is 1. The number of phenols is 2. The molecule has 1 fully saturated rings. The van der Waals surface area contributed by atoms with E-state index in [9.17, 15) is 58.5 Å². The maximum absolute atomic E-state index is 14.8. The lowest BCUT2D eigenvalue weighted by molar-refractivity contribution is -0.137. The van der Waals surface area contributed by atoms with Gasteiger partial charge in [0.25, 0.3) is 0 Å². The number of aliphatic hydroxyl groups excluding tert-OH is 1. The quantitative estimate of drug-likeness (QED) is 0.0444. The van der Waals surface area contributed by atoms with Crippen molar-refractivity contribution < 1.29 is 58.5 Å². The summed E-state index contributed by atoms with van der Waals surface area (Å²) < 4.78 is 0. The van der Waals surface area contributed by atoms with Crippen LogP contribution in [0.4, 0.5) is 0 Å². The molecule has 25 heteroatoms. The molecular weight excluding hydrogens is 1080 g/mol. The fourth-order valence-corrected chi connectivity index (χ4v) is 10.8. The number of aromatic hydroxyl groups is 2. The first kappa shape index (κ1) is 62.6. The number of ketones is 1. The van der Waals surface area contributed by atoms with Gasteiger partial charge in [0.2, 0.25) is 47.3 Å². The van der Waals surface area contributed by atoms with E-state index in [0.29, 0.717) is 33.7 Å². The van der Waals surface area contributed by atoms with Crippen LogP contribution in [0.15, 0.2) is 97.1 Å². The lowest BCUT2D eigenvalue weighted by atomic mass is 9.90. The van der Waals surface area contributed by atoms with Crippen molar-refractivity contribution in [3.05, 3.63) is 130 Å². The Morgan fingerprint density at radius 3 is 1.82 bits per heavy atom. The van der Waals surface area contributed by atoms with Crippen LogP contribution < -0.4 is 54.8 Å². The Morgan fingerprint density at radius 1 is 0.684 bits per heavy atom. The topological polar surface area (TPSA) is 391 Å². The molecule has 0 spiro atoms. The van der Waals surface area contributed by atoms with Crippen LogP contribution in [0.5, 0.6) is 11.5 Å². The van der Waals surface area contributed by atoms with Crippen molar-refractivity contribution in [3.8, 4) is 11.5 Å². The van der Waals surface area contributed by atoms with Crippen molar-refractivity contribution in [2.45, 2.75) is 107 Å². The number of nitrogens with two attached hydrogens (primary N) is 4. The summed E-state index contributed by atoms with van der Waals surface area (Å²) in [6, 6.07) is 14.2. The average molecular weight is 1150 g/mol. The van der Waals surface area contributed by atoms with E-state index in [4.69, 9.17) is 34.5 Å². The summed E-state index contributed by atoms with van der Waals surface area (Å²) in [5.41, 5.74) is 25.7. The van der Waals surface area contributed by atoms with E-state index in [-0.39, 0.29) is 73.6 Å². The lowest BCUT2D eigenvalue weighted by Crippen LogP contribution is -2.62. The predicted molar refractivity (Wildman–Crippen MR) is 299 cm³/mol. The van der Waals surface area contributed by atoms with E-state index in [1.165, 1.54) is 67.6 Å². The van der Waals surface area contributed by atoms with Gasteiger partial charge in [-0.1, -0.05) is 81.7 Å². The summed E-state index contributed by atoms with van der Waals surface area (Å²) in [6.07, 6.45) is -1.90. The number of unbranched alkanes of at least 4 members (excludes halogenated alkanes) is 1. The molecular formula is C54H67ClN10O12S2. The van der Waals surface area contributed by atoms with Crippen molar-refractivity contribution in [2.75, 3.05) is 18.1 Å². The number of phenolic OH excluding ortho intramolecular Hbond substituents is 2. The zero-order valence-electron chi connectivity index (χ0n) is 43.2. The molecule has 5 rings (SSSR count). The van der Waals surface area contributed by atoms with Crippen molar-refractivity contribution in [1.29, 1.82) is 0 Å². The van der Waals surface area contributed by atoms with E-state index in [1.54, 1.807) is 36.4 Å². The van der Waals surface area contributed by atoms with Crippen LogP contribution >= 0.6 is 33.2 Å². The molecule has 1 aliphatic heterocycles. The highest BCUT2D eigenvalue weighted by molar-refractivity contribution is 8.76. The maximum Gasteiger partial charge on any atom is 0.248 e. The smallest absolute Gasteiger partial charge is 0.248 e. The van der Waals surface area contributed by atoms with Gasteiger partial charge >= 0.3 is 0 Å². The molecule has 0 aliphatic carbocycles. The van der Waals surface area contributed by atoms with Crippen molar-refractivity contribution in [1.82, 2.24) is 31.9 Å². The molecule has 1 saturated heterocycles. The van der Waals surface area contributed by atoms with Gasteiger partial charge in [-0.2, -0.15) is 0 Å². The van der Waals surface area contributed by atoms with E-state index >= 15 is 0 Å². The third kappa shape index (κ3) is 20.2. The number of amides is 8. The van der Waals surface area contributed by atoms with Crippen LogP contribution in [-0.2, 0) is 64.0 Å². The molecule has 0 aromatic heterocycles. The van der Waals surface area contributed by atoms with Crippen LogP contribution in [0.2, 0.25) is 5.02 Å². The number of hydrogen-bond acceptors (Lipinski definition) is 16. The highest BCUT2D eigenvalue weighted by Gasteiger charge is 2.37. The number of rotatable bonds is 19. The normalized spacial score (nSPS) is 21.2. The first-order valence-electron chi connectivity index (χ1n) is 25.3. The molecule has 9 atom stereocenters. The molecule has 424 valence electrons. The van der Waals surface area contributed by atoms with E-state index < -0.39 is 114 Å². The number of carbonyl (C=O) groups is 9. The van der Waals surface area contributed by atoms with Gasteiger partial charge in [-0.05, 0) is 116 Å². The Hall–Kier alpha value is -7.22. The minimum Gasteiger partial charge on any atom is -0.508 e. The first-order chi connectivity index (χ1) is 37.6. The van der Waals surface area contributed by atoms with Crippen molar-refractivity contribution in [3.63, 3.8) is 0 Å². The highest BCUT2D eigenvalue weighted by Crippen LogP contribution is 2.26. The summed E-state index contributed by atoms with van der Waals surface area (Å²) in [4.78, 5) is 125. The largest absolute Gasteiger partial charge is 0.508 e. The average Bonchev–Trinajstić information content (AvgIpc) is 3.41. The Balaban J connectivity index is 1.57. The second kappa shape index (κ2) is 30.8. The third-order valence-electron chi connectivity index (χ3n) is 12.8. The Kier molecular flexibility index (Phi) is 24.4. The number of benzene rings is 4. The molecule has 0 radical (unpaired) electrons. The Morgan fingerprint density at radius 2 is 1.23 bits per heavy atom. The van der Waals surface area contributed by atoms with Gasteiger partial charge in [-0.25, -0.2) is 0 Å². The third-order valence-corrected chi connectivity index (χ3v) is 15.5. The SMILES string of the molecule is C[C@@H](O)[C@@H]1NC(=O)[C@H](CCCCN)NC(=O)[C@@H](Cc2ccc(C(N)=O)cc2)NC(=O)[C@H](Cc2ccc(O)cc2)CC(=O)[C@@H](NC(=O)[C@@H](N)Cc2ccc(Cl)cc2)CSSC[C@@H](C(=O)NC(Cc2ccc(O)cc2)C(N)=O)NC1=O. The van der Waals surface area contributed by atoms with Gasteiger partial charge in [-0.15, -0.1) is 0 Å². The molecule has 17 N–H and O–H groups in total. The molecule has 22 nitrogen and oxygen atoms in total. The number of halogens is 1. The molecule has 0 saturated carbocycles. The zero-order chi connectivity index (χ0) is 57.8. The van der Waals surface area contributed by atoms with Gasteiger partial charge in [0.15, 0.2) is 5.78 Å². The standard InChI is InChI=1S/C54H67ClN10O12S2/c1-29(66)46-54(77)64-44(53(76)61-41(48(59)71)24-33-11-19-38(68)20-12-33)28-79-78-27-43(63-50(73)39(57)23-31-7-15-36(55)16-8-31)45(69)26-35(22-30-9-17-37(67)18-10-30)49(72)62-42(25-32-5-13-34(14-6-32)47(58)70)52(75)60-40(51(74)65-46)4-2-3-21-56/h5-20,29,35,39-44,46,66-68H,2-4,21-28,56-57H2,1H3,(H2,58,70)(H2,59,71)(H,60,75)(H,61,76)(H,62,72)(H,63,73)(H,64,77)(H,65,74)/t29-,35-,39+,40+,41?,42-,43+,44+,46+/m1/s1. The summed E-state index contributed by atoms with van der Waals surface area (Å²) in [6.45, 7) is 1.43. The molecule has 1 aliphatic rings. The summed E-state index contributed by atoms with van der Waals surface area (Å²) in [5, 5.41) is 47.2. The van der Waals surface area contributed by atoms with Crippen molar-refractivity contribution in [2.24, 2.45) is 28.9 Å². The van der Waals surface area contributed by atoms with Gasteiger partial charge in [0, 0.05) is 47.3 Å². The predicted octanol–water partition coefficient (Wildman–Crippen LogP) is 0.322. The highest BCUT2D eigenvalue weighted by atomic mass is 35.5. The number of nitrogens with one attached hydrogen (secondary N) is 6. The fourth-order valence-electron chi connectivity index (χ4n) is 8.29. The number of hydrogen-bond donors (Lipinski definition) is 13. The van der Waals surface area contributed by atoms with Gasteiger partial charge < -0.3 is 70.2 Å². The van der Waals surface area contributed by atoms with E-state index in [2.05, 4.69) is 31.9 Å². The maximum atomic E-state index is 14.8. The Labute approximate surface area is 469 Å². The monoisotopic (exact) mass is 1150 g/mol. The zero-order valence-corrected chi connectivity index (χ0v) is 45.6. The fraction of sp³-hybridized carbons (Fsp3) is 0.389. The molecule has 79 heavy (non-hydrogen) atoms. The molecule has 4 aromatic rings. The summed E-state index contributed by atoms with van der Waals surface area (Å²) >= 11 is 6.07. The second-order valence-electron chi connectivity index (χ2n) is 19.1. The van der Waals surface area contributed by atoms with Crippen LogP contribution in [-0.4, -0.2) is 135 Å². The molecule has 4 aromatic carbocycles. The van der Waals surface area contributed by atoms with Crippen LogP contribution in [0, 0.1) is 5.92 Å². The second-order valence-corrected chi connectivity index (χ2v) is 22.1. The lowest BCUT2D eigenvalue weighted by Gasteiger charge is -2.29. The molecule has 1 heterocycles. The Bertz CT molecular complexity index is 2760. The summed E-state index contributed by atoms with van der Waals surface area (Å²) in [7, 11) is 1.97. The molecule has 1 unspecified atom stereocenters. The minimum absolute atomic E-state index is 0.0419. The number of Topliss-reactive ketones (excluding diaryl/α,β-unsaturated/α-hetero) is 1. The summed E-state index contributed by atoms with van der Waals surface area (Å²) in [5.74, 6) is -9.45. The van der Waals surface area contributed by atoms with Crippen molar-refractivity contribution >= 4 is 86.2 Å². The van der Waals surface area contributed by atoms with Crippen LogP contribution in [0.25, 0.3) is 0 Å². The van der Waals surface area contributed by atoms with Gasteiger partial charge in [0.05, 0.1) is 18.2 Å². The molecule has 8 amide bonds. The first-order valence-corrected chi connectivity index (χ1v) is 28.2. The molecule has 0 bridgehead atoms. The number of carbonyl (C=O) groups excluding carboxylic acids is 9. The van der Waals surface area contributed by atoms with E-state index in [1.807, 2.05) is 0 Å². The van der Waals surface area contributed by atoms with E-state index in [0.717, 1.165) is 21.6 Å².